The van der Waals surface area contributed by atoms with Gasteiger partial charge in [-0.25, -0.2) is 9.59 Å². The predicted octanol–water partition coefficient (Wildman–Crippen LogP) is 2.59. The van der Waals surface area contributed by atoms with Gasteiger partial charge < -0.3 is 14.6 Å². The number of piperidine rings is 1. The molecular formula is C20H28N4O3. The normalized spacial score (nSPS) is 22.0. The van der Waals surface area contributed by atoms with Crippen molar-refractivity contribution in [2.45, 2.75) is 51.3 Å². The molecule has 0 spiro atoms. The largest absolute Gasteiger partial charge is 0.447 e. The van der Waals surface area contributed by atoms with Gasteiger partial charge in [0.2, 0.25) is 0 Å². The minimum absolute atomic E-state index is 0.0156. The molecule has 4 rings (SSSR count). The summed E-state index contributed by atoms with van der Waals surface area (Å²) in [6, 6.07) is 8.51. The monoisotopic (exact) mass is 372 g/mol. The first-order valence-corrected chi connectivity index (χ1v) is 9.92. The molecule has 2 aliphatic heterocycles. The molecular weight excluding hydrogens is 344 g/mol. The number of hydrogen-bond donors (Lipinski definition) is 1. The summed E-state index contributed by atoms with van der Waals surface area (Å²) in [5.74, 6) is 0. The highest BCUT2D eigenvalue weighted by Crippen LogP contribution is 2.28. The number of benzene rings is 1. The first kappa shape index (κ1) is 18.1. The number of carbonyl (C=O) groups excluding carboxylic acids is 1. The second kappa shape index (κ2) is 7.38. The van der Waals surface area contributed by atoms with Crippen LogP contribution in [0.5, 0.6) is 0 Å². The Balaban J connectivity index is 1.38. The number of likely N-dealkylation sites (tertiary alicyclic amines) is 2. The van der Waals surface area contributed by atoms with E-state index in [9.17, 15) is 9.59 Å². The van der Waals surface area contributed by atoms with Crippen molar-refractivity contribution in [2.75, 3.05) is 26.2 Å². The molecule has 0 radical (unpaired) electrons. The van der Waals surface area contributed by atoms with E-state index in [0.717, 1.165) is 56.5 Å². The Morgan fingerprint density at radius 2 is 1.81 bits per heavy atom. The number of imidazole rings is 1. The van der Waals surface area contributed by atoms with Crippen molar-refractivity contribution in [3.05, 3.63) is 34.7 Å². The summed E-state index contributed by atoms with van der Waals surface area (Å²) in [7, 11) is 0. The first-order valence-electron chi connectivity index (χ1n) is 9.92. The maximum Gasteiger partial charge on any atom is 0.410 e. The first-order chi connectivity index (χ1) is 13.0. The third kappa shape index (κ3) is 3.60. The van der Waals surface area contributed by atoms with Crippen LogP contribution < -0.4 is 5.69 Å². The smallest absolute Gasteiger partial charge is 0.410 e. The lowest BCUT2D eigenvalue weighted by Gasteiger charge is -2.36. The van der Waals surface area contributed by atoms with Crippen molar-refractivity contribution >= 4 is 17.1 Å². The molecule has 1 atom stereocenters. The molecule has 3 heterocycles. The van der Waals surface area contributed by atoms with Crippen LogP contribution in [0.2, 0.25) is 0 Å². The topological polar surface area (TPSA) is 70.6 Å². The average Bonchev–Trinajstić information content (AvgIpc) is 3.25. The third-order valence-electron chi connectivity index (χ3n) is 5.76. The van der Waals surface area contributed by atoms with E-state index in [1.807, 2.05) is 47.6 Å². The van der Waals surface area contributed by atoms with Gasteiger partial charge in [-0.05, 0) is 45.2 Å². The number of nitrogens with zero attached hydrogens (tertiary/aromatic N) is 3. The Labute approximate surface area is 158 Å². The summed E-state index contributed by atoms with van der Waals surface area (Å²) in [5, 5.41) is 0. The van der Waals surface area contributed by atoms with Crippen LogP contribution in [0.3, 0.4) is 0 Å². The molecule has 2 aromatic rings. The van der Waals surface area contributed by atoms with Crippen LogP contribution in [-0.2, 0) is 4.74 Å². The minimum atomic E-state index is -0.201. The molecule has 146 valence electrons. The number of fused-ring (bicyclic) bond motifs is 1. The highest BCUT2D eigenvalue weighted by atomic mass is 16.6. The van der Waals surface area contributed by atoms with E-state index < -0.39 is 0 Å². The summed E-state index contributed by atoms with van der Waals surface area (Å²) in [6.45, 7) is 7.16. The van der Waals surface area contributed by atoms with E-state index in [0.29, 0.717) is 6.04 Å². The van der Waals surface area contributed by atoms with E-state index >= 15 is 0 Å². The number of nitrogens with one attached hydrogen (secondary N) is 1. The summed E-state index contributed by atoms with van der Waals surface area (Å²) in [4.78, 5) is 31.8. The van der Waals surface area contributed by atoms with E-state index in [1.54, 1.807) is 0 Å². The predicted molar refractivity (Wildman–Crippen MR) is 104 cm³/mol. The SMILES string of the molecule is CC(C)OC(=O)N1CCC(N2CCC(n3c(=O)[nH]c4ccccc43)CC2)C1. The van der Waals surface area contributed by atoms with E-state index in [1.165, 1.54) is 0 Å². The molecule has 1 N–H and O–H groups in total. The summed E-state index contributed by atoms with van der Waals surface area (Å²) in [6.07, 6.45) is 2.61. The van der Waals surface area contributed by atoms with Crippen LogP contribution >= 0.6 is 0 Å². The number of ether oxygens (including phenoxy) is 1. The fourth-order valence-electron chi connectivity index (χ4n) is 4.43. The van der Waals surface area contributed by atoms with Crippen LogP contribution in [-0.4, -0.2) is 63.8 Å². The molecule has 7 heteroatoms. The van der Waals surface area contributed by atoms with Gasteiger partial charge in [-0.1, -0.05) is 12.1 Å². The molecule has 1 aromatic carbocycles. The van der Waals surface area contributed by atoms with Crippen molar-refractivity contribution in [2.24, 2.45) is 0 Å². The number of aromatic amines is 1. The number of H-pyrrole nitrogens is 1. The Bertz CT molecular complexity index is 863. The van der Waals surface area contributed by atoms with Crippen LogP contribution in [0.25, 0.3) is 11.0 Å². The summed E-state index contributed by atoms with van der Waals surface area (Å²) < 4.78 is 7.24. The van der Waals surface area contributed by atoms with Gasteiger partial charge in [0.05, 0.1) is 17.1 Å². The molecule has 2 aliphatic rings. The lowest BCUT2D eigenvalue weighted by molar-refractivity contribution is 0.0784. The summed E-state index contributed by atoms with van der Waals surface area (Å²) >= 11 is 0. The standard InChI is InChI=1S/C20H28N4O3/c1-14(2)27-20(26)23-12-9-16(13-23)22-10-7-15(8-11-22)24-18-6-4-3-5-17(18)21-19(24)25/h3-6,14-16H,7-13H2,1-2H3,(H,21,25). The molecule has 2 saturated heterocycles. The molecule has 0 aliphatic carbocycles. The van der Waals surface area contributed by atoms with Crippen LogP contribution in [0, 0.1) is 0 Å². The zero-order valence-corrected chi connectivity index (χ0v) is 16.1. The molecule has 2 fully saturated rings. The fraction of sp³-hybridized carbons (Fsp3) is 0.600. The molecule has 1 unspecified atom stereocenters. The van der Waals surface area contributed by atoms with Crippen molar-refractivity contribution in [1.29, 1.82) is 0 Å². The number of para-hydroxylation sites is 2. The van der Waals surface area contributed by atoms with Crippen molar-refractivity contribution in [3.8, 4) is 0 Å². The second-order valence-corrected chi connectivity index (χ2v) is 7.91. The highest BCUT2D eigenvalue weighted by molar-refractivity contribution is 5.75. The van der Waals surface area contributed by atoms with Gasteiger partial charge in [-0.2, -0.15) is 0 Å². The Morgan fingerprint density at radius 3 is 2.56 bits per heavy atom. The molecule has 1 aromatic heterocycles. The van der Waals surface area contributed by atoms with Crippen LogP contribution in [0.15, 0.2) is 29.1 Å². The molecule has 7 nitrogen and oxygen atoms in total. The zero-order chi connectivity index (χ0) is 19.0. The van der Waals surface area contributed by atoms with E-state index in [4.69, 9.17) is 4.74 Å². The molecule has 0 bridgehead atoms. The van der Waals surface area contributed by atoms with Gasteiger partial charge in [-0.3, -0.25) is 9.47 Å². The van der Waals surface area contributed by atoms with Gasteiger partial charge in [-0.15, -0.1) is 0 Å². The number of rotatable bonds is 3. The Kier molecular flexibility index (Phi) is 4.95. The van der Waals surface area contributed by atoms with E-state index in [-0.39, 0.29) is 23.9 Å². The maximum absolute atomic E-state index is 12.4. The number of hydrogen-bond acceptors (Lipinski definition) is 4. The average molecular weight is 372 g/mol. The van der Waals surface area contributed by atoms with E-state index in [2.05, 4.69) is 9.88 Å². The van der Waals surface area contributed by atoms with Gasteiger partial charge in [0.1, 0.15) is 0 Å². The van der Waals surface area contributed by atoms with Crippen molar-refractivity contribution < 1.29 is 9.53 Å². The molecule has 1 amide bonds. The van der Waals surface area contributed by atoms with Crippen LogP contribution in [0.4, 0.5) is 4.79 Å². The van der Waals surface area contributed by atoms with Crippen molar-refractivity contribution in [1.82, 2.24) is 19.4 Å². The van der Waals surface area contributed by atoms with Gasteiger partial charge in [0.25, 0.3) is 0 Å². The fourth-order valence-corrected chi connectivity index (χ4v) is 4.43. The molecule has 27 heavy (non-hydrogen) atoms. The lowest BCUT2D eigenvalue weighted by atomic mass is 10.0. The number of aromatic nitrogens is 2. The lowest BCUT2D eigenvalue weighted by Crippen LogP contribution is -2.44. The third-order valence-corrected chi connectivity index (χ3v) is 5.76. The maximum atomic E-state index is 12.4. The number of amides is 1. The quantitative estimate of drug-likeness (QED) is 0.899. The zero-order valence-electron chi connectivity index (χ0n) is 16.1. The van der Waals surface area contributed by atoms with Gasteiger partial charge in [0.15, 0.2) is 0 Å². The number of carbonyl (C=O) groups is 1. The molecule has 0 saturated carbocycles. The Morgan fingerprint density at radius 1 is 1.11 bits per heavy atom. The van der Waals surface area contributed by atoms with Crippen molar-refractivity contribution in [3.63, 3.8) is 0 Å². The minimum Gasteiger partial charge on any atom is -0.447 e. The Hall–Kier alpha value is -2.28. The van der Waals surface area contributed by atoms with Crippen LogP contribution in [0.1, 0.15) is 39.2 Å². The summed E-state index contributed by atoms with van der Waals surface area (Å²) in [5.41, 5.74) is 1.88. The van der Waals surface area contributed by atoms with Gasteiger partial charge >= 0.3 is 11.8 Å². The van der Waals surface area contributed by atoms with Gasteiger partial charge in [0, 0.05) is 38.3 Å². The highest BCUT2D eigenvalue weighted by Gasteiger charge is 2.34. The second-order valence-electron chi connectivity index (χ2n) is 7.91.